The number of carbonyl (C=O) groups excluding carboxylic acids is 1. The average molecular weight is 429 g/mol. The Morgan fingerprint density at radius 1 is 1.06 bits per heavy atom. The summed E-state index contributed by atoms with van der Waals surface area (Å²) in [5.41, 5.74) is 2.61. The van der Waals surface area contributed by atoms with Crippen molar-refractivity contribution in [2.45, 2.75) is 6.92 Å². The topological polar surface area (TPSA) is 107 Å². The Labute approximate surface area is 183 Å². The third kappa shape index (κ3) is 4.49. The van der Waals surface area contributed by atoms with Crippen molar-refractivity contribution in [2.24, 2.45) is 4.99 Å². The van der Waals surface area contributed by atoms with Crippen molar-refractivity contribution < 1.29 is 18.9 Å². The fourth-order valence-corrected chi connectivity index (χ4v) is 3.20. The molecule has 0 radical (unpaired) electrons. The van der Waals surface area contributed by atoms with E-state index in [1.807, 2.05) is 25.1 Å². The van der Waals surface area contributed by atoms with Crippen molar-refractivity contribution in [1.29, 1.82) is 0 Å². The van der Waals surface area contributed by atoms with E-state index in [0.29, 0.717) is 28.1 Å². The van der Waals surface area contributed by atoms with Gasteiger partial charge < -0.3 is 14.5 Å². The van der Waals surface area contributed by atoms with Gasteiger partial charge in [0.2, 0.25) is 5.55 Å². The molecule has 1 aromatic heterocycles. The monoisotopic (exact) mass is 429 g/mol. The molecule has 1 amide bonds. The van der Waals surface area contributed by atoms with Crippen LogP contribution in [0.1, 0.15) is 15.9 Å². The number of fused-ring (bicyclic) bond motifs is 1. The van der Waals surface area contributed by atoms with Crippen LogP contribution in [0.2, 0.25) is 0 Å². The molecule has 0 saturated carbocycles. The van der Waals surface area contributed by atoms with Crippen molar-refractivity contribution in [3.63, 3.8) is 0 Å². The minimum absolute atomic E-state index is 0.0739. The molecule has 4 aromatic rings. The van der Waals surface area contributed by atoms with Crippen molar-refractivity contribution in [2.75, 3.05) is 12.4 Å². The van der Waals surface area contributed by atoms with E-state index in [2.05, 4.69) is 10.3 Å². The fourth-order valence-electron chi connectivity index (χ4n) is 3.20. The highest BCUT2D eigenvalue weighted by atomic mass is 16.6. The van der Waals surface area contributed by atoms with E-state index >= 15 is 0 Å². The van der Waals surface area contributed by atoms with Gasteiger partial charge in [-0.15, -0.1) is 0 Å². The Morgan fingerprint density at radius 3 is 2.62 bits per heavy atom. The first-order chi connectivity index (χ1) is 15.4. The van der Waals surface area contributed by atoms with Crippen molar-refractivity contribution in [3.8, 4) is 5.75 Å². The maximum atomic E-state index is 13.1. The van der Waals surface area contributed by atoms with Gasteiger partial charge in [-0.1, -0.05) is 18.2 Å². The molecule has 32 heavy (non-hydrogen) atoms. The second kappa shape index (κ2) is 8.73. The summed E-state index contributed by atoms with van der Waals surface area (Å²) < 4.78 is 11.1. The smallest absolute Gasteiger partial charge is 0.270 e. The first kappa shape index (κ1) is 20.8. The molecule has 4 rings (SSSR count). The quantitative estimate of drug-likeness (QED) is 0.349. The number of carbonyl (C=O) groups is 1. The Balaban J connectivity index is 1.87. The van der Waals surface area contributed by atoms with Crippen LogP contribution in [0.4, 0.5) is 17.1 Å². The van der Waals surface area contributed by atoms with Crippen LogP contribution in [0, 0.1) is 17.0 Å². The third-order valence-electron chi connectivity index (χ3n) is 4.75. The van der Waals surface area contributed by atoms with E-state index in [9.17, 15) is 14.9 Å². The van der Waals surface area contributed by atoms with Gasteiger partial charge in [0.25, 0.3) is 11.6 Å². The summed E-state index contributed by atoms with van der Waals surface area (Å²) >= 11 is 0. The lowest BCUT2D eigenvalue weighted by Crippen LogP contribution is -2.21. The highest BCUT2D eigenvalue weighted by molar-refractivity contribution is 6.05. The zero-order chi connectivity index (χ0) is 22.7. The number of nitrogens with one attached hydrogen (secondary N) is 1. The van der Waals surface area contributed by atoms with Gasteiger partial charge in [0.05, 0.1) is 17.7 Å². The summed E-state index contributed by atoms with van der Waals surface area (Å²) in [6, 6.07) is 20.1. The van der Waals surface area contributed by atoms with E-state index in [1.165, 1.54) is 24.3 Å². The second-order valence-electron chi connectivity index (χ2n) is 7.08. The molecule has 0 unspecified atom stereocenters. The third-order valence-corrected chi connectivity index (χ3v) is 4.75. The minimum Gasteiger partial charge on any atom is -0.497 e. The molecule has 160 valence electrons. The van der Waals surface area contributed by atoms with Gasteiger partial charge in [-0.2, -0.15) is 0 Å². The number of nitro benzene ring substituents is 1. The summed E-state index contributed by atoms with van der Waals surface area (Å²) in [7, 11) is 1.55. The lowest BCUT2D eigenvalue weighted by molar-refractivity contribution is -0.384. The van der Waals surface area contributed by atoms with Gasteiger partial charge in [-0.3, -0.25) is 14.9 Å². The van der Waals surface area contributed by atoms with Gasteiger partial charge in [-0.05, 0) is 48.9 Å². The number of non-ortho nitro benzene ring substituents is 1. The first-order valence-electron chi connectivity index (χ1n) is 9.72. The maximum absolute atomic E-state index is 13.1. The largest absolute Gasteiger partial charge is 0.497 e. The zero-order valence-electron chi connectivity index (χ0n) is 17.4. The number of hydrogen-bond donors (Lipinski definition) is 1. The van der Waals surface area contributed by atoms with Crippen LogP contribution in [0.15, 0.2) is 82.2 Å². The number of anilines is 1. The van der Waals surface area contributed by atoms with Crippen LogP contribution < -0.4 is 15.6 Å². The van der Waals surface area contributed by atoms with Crippen LogP contribution in [-0.4, -0.2) is 17.9 Å². The zero-order valence-corrected chi connectivity index (χ0v) is 17.4. The number of nitro groups is 1. The Bertz CT molecular complexity index is 1410. The lowest BCUT2D eigenvalue weighted by atomic mass is 10.1. The molecular formula is C24H19N3O5. The van der Waals surface area contributed by atoms with Crippen molar-refractivity contribution >= 4 is 33.9 Å². The average Bonchev–Trinajstić information content (AvgIpc) is 2.78. The molecule has 0 atom stereocenters. The molecule has 8 heteroatoms. The van der Waals surface area contributed by atoms with Crippen molar-refractivity contribution in [1.82, 2.24) is 0 Å². The lowest BCUT2D eigenvalue weighted by Gasteiger charge is -2.08. The normalized spacial score (nSPS) is 11.4. The molecule has 1 N–H and O–H groups in total. The number of hydrogen-bond acceptors (Lipinski definition) is 6. The number of methoxy groups -OCH3 is 1. The maximum Gasteiger partial charge on any atom is 0.270 e. The van der Waals surface area contributed by atoms with E-state index in [-0.39, 0.29) is 16.8 Å². The van der Waals surface area contributed by atoms with Crippen LogP contribution >= 0.6 is 0 Å². The Morgan fingerprint density at radius 2 is 1.88 bits per heavy atom. The summed E-state index contributed by atoms with van der Waals surface area (Å²) in [6.45, 7) is 1.92. The molecule has 0 aliphatic carbocycles. The number of rotatable bonds is 5. The molecular weight excluding hydrogens is 410 g/mol. The second-order valence-corrected chi connectivity index (χ2v) is 7.08. The van der Waals surface area contributed by atoms with E-state index < -0.39 is 10.8 Å². The van der Waals surface area contributed by atoms with Crippen LogP contribution in [0.5, 0.6) is 5.75 Å². The SMILES string of the molecule is COc1cccc(N=c2oc3ccc([N+](=O)[O-])cc3cc2C(=O)Nc2cccc(C)c2)c1. The predicted octanol–water partition coefficient (Wildman–Crippen LogP) is 5.14. The first-order valence-corrected chi connectivity index (χ1v) is 9.72. The van der Waals surface area contributed by atoms with E-state index in [4.69, 9.17) is 9.15 Å². The number of ether oxygens (including phenoxy) is 1. The highest BCUT2D eigenvalue weighted by Gasteiger charge is 2.15. The van der Waals surface area contributed by atoms with Gasteiger partial charge in [-0.25, -0.2) is 4.99 Å². The van der Waals surface area contributed by atoms with Gasteiger partial charge in [0, 0.05) is 29.3 Å². The van der Waals surface area contributed by atoms with Crippen LogP contribution in [0.25, 0.3) is 11.0 Å². The van der Waals surface area contributed by atoms with Crippen LogP contribution in [-0.2, 0) is 0 Å². The fraction of sp³-hybridized carbons (Fsp3) is 0.0833. The molecule has 0 aliphatic rings. The van der Waals surface area contributed by atoms with Gasteiger partial charge >= 0.3 is 0 Å². The molecule has 0 bridgehead atoms. The number of nitrogens with zero attached hydrogens (tertiary/aromatic N) is 2. The van der Waals surface area contributed by atoms with E-state index in [0.717, 1.165) is 5.56 Å². The Hall–Kier alpha value is -4.46. The molecule has 0 saturated heterocycles. The van der Waals surface area contributed by atoms with Gasteiger partial charge in [0.1, 0.15) is 16.9 Å². The minimum atomic E-state index is -0.500. The van der Waals surface area contributed by atoms with Gasteiger partial charge in [0.15, 0.2) is 0 Å². The molecule has 0 spiro atoms. The highest BCUT2D eigenvalue weighted by Crippen LogP contribution is 2.23. The molecule has 8 nitrogen and oxygen atoms in total. The summed E-state index contributed by atoms with van der Waals surface area (Å²) in [4.78, 5) is 28.3. The van der Waals surface area contributed by atoms with E-state index in [1.54, 1.807) is 37.4 Å². The van der Waals surface area contributed by atoms with Crippen molar-refractivity contribution in [3.05, 3.63) is 99.6 Å². The standard InChI is InChI=1S/C24H19N3O5/c1-15-5-3-6-17(11-15)25-23(28)21-13-16-12-19(27(29)30)9-10-22(16)32-24(21)26-18-7-4-8-20(14-18)31-2/h3-14H,1-2H3,(H,25,28). The molecule has 1 heterocycles. The number of amides is 1. The molecule has 0 aliphatic heterocycles. The molecule has 0 fully saturated rings. The molecule has 3 aromatic carbocycles. The predicted molar refractivity (Wildman–Crippen MR) is 120 cm³/mol. The number of benzene rings is 3. The van der Waals surface area contributed by atoms with Crippen LogP contribution in [0.3, 0.4) is 0 Å². The summed E-state index contributed by atoms with van der Waals surface area (Å²) in [5, 5.41) is 14.4. The summed E-state index contributed by atoms with van der Waals surface area (Å²) in [5.74, 6) is 0.155. The Kier molecular flexibility index (Phi) is 5.67. The number of aryl methyl sites for hydroxylation is 1. The summed E-state index contributed by atoms with van der Waals surface area (Å²) in [6.07, 6.45) is 0.